The minimum absolute atomic E-state index is 0.0592. The Bertz CT molecular complexity index is 417. The van der Waals surface area contributed by atoms with Crippen LogP contribution in [0.15, 0.2) is 22.8 Å². The molecule has 0 spiro atoms. The summed E-state index contributed by atoms with van der Waals surface area (Å²) in [6.07, 6.45) is 6.75. The fourth-order valence-corrected chi connectivity index (χ4v) is 3.56. The Kier molecular flexibility index (Phi) is 3.07. The monoisotopic (exact) mass is 232 g/mol. The lowest BCUT2D eigenvalue weighted by Crippen LogP contribution is -2.43. The van der Waals surface area contributed by atoms with Gasteiger partial charge in [-0.1, -0.05) is 24.1 Å². The molecular formula is C15H20O2. The first-order chi connectivity index (χ1) is 8.04. The van der Waals surface area contributed by atoms with E-state index in [0.29, 0.717) is 11.5 Å². The van der Waals surface area contributed by atoms with Crippen molar-refractivity contribution in [3.05, 3.63) is 22.8 Å². The highest BCUT2D eigenvalue weighted by atomic mass is 16.1. The second-order valence-corrected chi connectivity index (χ2v) is 5.69. The fourth-order valence-electron chi connectivity index (χ4n) is 3.56. The second-order valence-electron chi connectivity index (χ2n) is 5.69. The zero-order valence-corrected chi connectivity index (χ0v) is 10.8. The van der Waals surface area contributed by atoms with Gasteiger partial charge in [0.25, 0.3) is 0 Å². The maximum atomic E-state index is 11.4. The lowest BCUT2D eigenvalue weighted by Gasteiger charge is -2.48. The predicted octanol–water partition coefficient (Wildman–Crippen LogP) is 3.08. The van der Waals surface area contributed by atoms with E-state index < -0.39 is 0 Å². The number of rotatable bonds is 2. The van der Waals surface area contributed by atoms with Crippen molar-refractivity contribution in [2.24, 2.45) is 17.3 Å². The molecule has 0 amide bonds. The molecule has 0 saturated carbocycles. The Labute approximate surface area is 103 Å². The van der Waals surface area contributed by atoms with Gasteiger partial charge in [0.05, 0.1) is 0 Å². The molecule has 2 aliphatic carbocycles. The first-order valence-corrected chi connectivity index (χ1v) is 6.31. The van der Waals surface area contributed by atoms with Gasteiger partial charge in [-0.3, -0.25) is 4.79 Å². The van der Waals surface area contributed by atoms with E-state index in [0.717, 1.165) is 31.8 Å². The van der Waals surface area contributed by atoms with Crippen molar-refractivity contribution in [2.45, 2.75) is 40.0 Å². The zero-order valence-electron chi connectivity index (χ0n) is 10.8. The average molecular weight is 232 g/mol. The zero-order chi connectivity index (χ0) is 12.6. The second kappa shape index (κ2) is 4.25. The summed E-state index contributed by atoms with van der Waals surface area (Å²) in [4.78, 5) is 22.4. The van der Waals surface area contributed by atoms with Gasteiger partial charge in [-0.25, -0.2) is 0 Å². The highest BCUT2D eigenvalue weighted by Gasteiger charge is 2.47. The summed E-state index contributed by atoms with van der Waals surface area (Å²) in [6.45, 7) is 6.53. The summed E-state index contributed by atoms with van der Waals surface area (Å²) in [7, 11) is 0. The van der Waals surface area contributed by atoms with E-state index in [1.165, 1.54) is 11.1 Å². The molecule has 0 saturated heterocycles. The number of allylic oxidation sites excluding steroid dienone is 4. The van der Waals surface area contributed by atoms with Crippen LogP contribution in [0.3, 0.4) is 0 Å². The van der Waals surface area contributed by atoms with Crippen molar-refractivity contribution < 1.29 is 9.59 Å². The molecule has 0 N–H and O–H groups in total. The fraction of sp³-hybridized carbons (Fsp3) is 0.600. The van der Waals surface area contributed by atoms with Crippen LogP contribution in [0.2, 0.25) is 0 Å². The smallest absolute Gasteiger partial charge is 0.146 e. The molecule has 3 atom stereocenters. The van der Waals surface area contributed by atoms with Gasteiger partial charge < -0.3 is 4.79 Å². The minimum Gasteiger partial charge on any atom is -0.303 e. The molecule has 0 heterocycles. The number of hydrogen-bond donors (Lipinski definition) is 0. The maximum absolute atomic E-state index is 11.4. The Morgan fingerprint density at radius 1 is 1.35 bits per heavy atom. The topological polar surface area (TPSA) is 34.1 Å². The van der Waals surface area contributed by atoms with Gasteiger partial charge in [0.1, 0.15) is 12.6 Å². The van der Waals surface area contributed by atoms with E-state index in [1.807, 2.05) is 6.08 Å². The van der Waals surface area contributed by atoms with Crippen molar-refractivity contribution in [2.75, 3.05) is 0 Å². The number of carbonyl (C=O) groups is 2. The Balaban J connectivity index is 2.49. The third-order valence-electron chi connectivity index (χ3n) is 4.96. The van der Waals surface area contributed by atoms with Crippen molar-refractivity contribution in [1.29, 1.82) is 0 Å². The lowest BCUT2D eigenvalue weighted by atomic mass is 9.55. The van der Waals surface area contributed by atoms with Crippen LogP contribution < -0.4 is 0 Å². The van der Waals surface area contributed by atoms with E-state index >= 15 is 0 Å². The summed E-state index contributed by atoms with van der Waals surface area (Å²) in [5, 5.41) is 0. The molecule has 0 aromatic rings. The third kappa shape index (κ3) is 1.70. The summed E-state index contributed by atoms with van der Waals surface area (Å²) < 4.78 is 0. The van der Waals surface area contributed by atoms with E-state index in [4.69, 9.17) is 0 Å². The van der Waals surface area contributed by atoms with Gasteiger partial charge in [0.15, 0.2) is 0 Å². The molecule has 3 unspecified atom stereocenters. The molecule has 2 heteroatoms. The summed E-state index contributed by atoms with van der Waals surface area (Å²) >= 11 is 0. The summed E-state index contributed by atoms with van der Waals surface area (Å²) in [6, 6.07) is 0. The Morgan fingerprint density at radius 3 is 2.65 bits per heavy atom. The molecule has 2 nitrogen and oxygen atoms in total. The normalized spacial score (nSPS) is 37.2. The van der Waals surface area contributed by atoms with Crippen LogP contribution in [0.25, 0.3) is 0 Å². The third-order valence-corrected chi connectivity index (χ3v) is 4.96. The van der Waals surface area contributed by atoms with Gasteiger partial charge in [-0.2, -0.15) is 0 Å². The number of fused-ring (bicyclic) bond motifs is 1. The van der Waals surface area contributed by atoms with E-state index in [-0.39, 0.29) is 11.3 Å². The quantitative estimate of drug-likeness (QED) is 0.541. The van der Waals surface area contributed by atoms with Crippen LogP contribution >= 0.6 is 0 Å². The number of hydrogen-bond acceptors (Lipinski definition) is 2. The molecule has 0 aliphatic heterocycles. The molecule has 0 fully saturated rings. The highest BCUT2D eigenvalue weighted by Crippen LogP contribution is 2.53. The van der Waals surface area contributed by atoms with Gasteiger partial charge >= 0.3 is 0 Å². The van der Waals surface area contributed by atoms with Crippen LogP contribution in [0.5, 0.6) is 0 Å². The van der Waals surface area contributed by atoms with Crippen molar-refractivity contribution >= 4 is 12.6 Å². The van der Waals surface area contributed by atoms with Crippen molar-refractivity contribution in [3.63, 3.8) is 0 Å². The number of aldehydes is 2. The molecule has 2 aliphatic rings. The molecule has 0 aromatic carbocycles. The SMILES string of the molecule is CC1=C(C)C2CC=C(C=O)C(C=O)C2(C)CC1. The average Bonchev–Trinajstić information content (AvgIpc) is 2.33. The van der Waals surface area contributed by atoms with E-state index in [2.05, 4.69) is 20.8 Å². The van der Waals surface area contributed by atoms with Gasteiger partial charge in [0, 0.05) is 5.92 Å². The van der Waals surface area contributed by atoms with Crippen LogP contribution in [0.4, 0.5) is 0 Å². The molecule has 2 rings (SSSR count). The highest BCUT2D eigenvalue weighted by molar-refractivity contribution is 5.82. The van der Waals surface area contributed by atoms with E-state index in [1.54, 1.807) is 0 Å². The largest absolute Gasteiger partial charge is 0.303 e. The molecule has 0 bridgehead atoms. The van der Waals surface area contributed by atoms with Gasteiger partial charge in [0.2, 0.25) is 0 Å². The number of carbonyl (C=O) groups excluding carboxylic acids is 2. The lowest BCUT2D eigenvalue weighted by molar-refractivity contribution is -0.117. The van der Waals surface area contributed by atoms with Crippen molar-refractivity contribution in [1.82, 2.24) is 0 Å². The minimum atomic E-state index is -0.221. The molecular weight excluding hydrogens is 212 g/mol. The Morgan fingerprint density at radius 2 is 2.06 bits per heavy atom. The first-order valence-electron chi connectivity index (χ1n) is 6.31. The molecule has 0 radical (unpaired) electrons. The Hall–Kier alpha value is -1.18. The van der Waals surface area contributed by atoms with Gasteiger partial charge in [-0.05, 0) is 50.0 Å². The summed E-state index contributed by atoms with van der Waals surface area (Å²) in [5.41, 5.74) is 3.51. The maximum Gasteiger partial charge on any atom is 0.146 e. The molecule has 0 aromatic heterocycles. The van der Waals surface area contributed by atoms with E-state index in [9.17, 15) is 9.59 Å². The summed E-state index contributed by atoms with van der Waals surface area (Å²) in [5.74, 6) is 0.206. The molecule has 92 valence electrons. The van der Waals surface area contributed by atoms with Gasteiger partial charge in [-0.15, -0.1) is 0 Å². The van der Waals surface area contributed by atoms with Crippen LogP contribution in [-0.4, -0.2) is 12.6 Å². The first kappa shape index (κ1) is 12.3. The molecule has 17 heavy (non-hydrogen) atoms. The van der Waals surface area contributed by atoms with Crippen LogP contribution in [0.1, 0.15) is 40.0 Å². The van der Waals surface area contributed by atoms with Crippen LogP contribution in [0, 0.1) is 17.3 Å². The van der Waals surface area contributed by atoms with Crippen molar-refractivity contribution in [3.8, 4) is 0 Å². The van der Waals surface area contributed by atoms with Crippen LogP contribution in [-0.2, 0) is 9.59 Å². The standard InChI is InChI=1S/C15H20O2/c1-10-6-7-15(3)13(11(10)2)5-4-12(8-16)14(15)9-17/h4,8-9,13-14H,5-7H2,1-3H3. The predicted molar refractivity (Wildman–Crippen MR) is 67.5 cm³/mol.